The molecule has 0 bridgehead atoms. The molecule has 1 unspecified atom stereocenters. The number of benzene rings is 1. The van der Waals surface area contributed by atoms with Gasteiger partial charge in [-0.05, 0) is 6.07 Å². The van der Waals surface area contributed by atoms with Crippen molar-refractivity contribution in [1.82, 2.24) is 10.2 Å². The number of carbonyl (C=O) groups excluding carboxylic acids is 1. The molecule has 4 heteroatoms. The Morgan fingerprint density at radius 3 is 3.00 bits per heavy atom. The number of hydrogen-bond acceptors (Lipinski definition) is 3. The zero-order chi connectivity index (χ0) is 13.0. The number of nitrogens with one attached hydrogen (secondary N) is 1. The van der Waals surface area contributed by atoms with E-state index in [2.05, 4.69) is 5.32 Å². The van der Waals surface area contributed by atoms with Crippen LogP contribution in [0.25, 0.3) is 0 Å². The molecule has 2 rings (SSSR count). The van der Waals surface area contributed by atoms with Gasteiger partial charge in [-0.3, -0.25) is 4.79 Å². The summed E-state index contributed by atoms with van der Waals surface area (Å²) in [4.78, 5) is 14.1. The van der Waals surface area contributed by atoms with Crippen LogP contribution in [-0.2, 0) is 11.3 Å². The highest BCUT2D eigenvalue weighted by molar-refractivity contribution is 5.79. The Kier molecular flexibility index (Phi) is 4.20. The Bertz CT molecular complexity index is 420. The number of hydrogen-bond donors (Lipinski definition) is 1. The summed E-state index contributed by atoms with van der Waals surface area (Å²) in [6, 6.07) is 7.85. The summed E-state index contributed by atoms with van der Waals surface area (Å²) in [6.45, 7) is 4.96. The maximum atomic E-state index is 12.2. The van der Waals surface area contributed by atoms with Crippen LogP contribution in [0.3, 0.4) is 0 Å². The molecule has 0 radical (unpaired) electrons. The summed E-state index contributed by atoms with van der Waals surface area (Å²) >= 11 is 0. The molecule has 1 atom stereocenters. The van der Waals surface area contributed by atoms with E-state index in [0.717, 1.165) is 30.9 Å². The predicted molar refractivity (Wildman–Crippen MR) is 70.4 cm³/mol. The van der Waals surface area contributed by atoms with Gasteiger partial charge in [0, 0.05) is 37.7 Å². The zero-order valence-electron chi connectivity index (χ0n) is 11.0. The van der Waals surface area contributed by atoms with Crippen LogP contribution in [0.15, 0.2) is 24.3 Å². The van der Waals surface area contributed by atoms with E-state index in [9.17, 15) is 4.79 Å². The summed E-state index contributed by atoms with van der Waals surface area (Å²) in [6.07, 6.45) is 0. The molecule has 0 saturated carbocycles. The second kappa shape index (κ2) is 5.87. The van der Waals surface area contributed by atoms with Gasteiger partial charge in [-0.2, -0.15) is 0 Å². The largest absolute Gasteiger partial charge is 0.496 e. The van der Waals surface area contributed by atoms with Gasteiger partial charge in [0.05, 0.1) is 7.11 Å². The van der Waals surface area contributed by atoms with Crippen molar-refractivity contribution in [3.63, 3.8) is 0 Å². The van der Waals surface area contributed by atoms with Crippen molar-refractivity contribution in [3.05, 3.63) is 29.8 Å². The van der Waals surface area contributed by atoms with Gasteiger partial charge >= 0.3 is 0 Å². The first-order chi connectivity index (χ1) is 8.72. The molecule has 1 fully saturated rings. The molecule has 18 heavy (non-hydrogen) atoms. The van der Waals surface area contributed by atoms with E-state index in [4.69, 9.17) is 4.74 Å². The van der Waals surface area contributed by atoms with Gasteiger partial charge in [-0.1, -0.05) is 25.1 Å². The lowest BCUT2D eigenvalue weighted by molar-refractivity contribution is -0.134. The van der Waals surface area contributed by atoms with Crippen molar-refractivity contribution in [3.8, 4) is 5.75 Å². The van der Waals surface area contributed by atoms with Gasteiger partial charge in [0.15, 0.2) is 0 Å². The van der Waals surface area contributed by atoms with Crippen LogP contribution in [-0.4, -0.2) is 37.6 Å². The molecule has 1 saturated heterocycles. The number of amides is 1. The molecule has 0 aromatic heterocycles. The van der Waals surface area contributed by atoms with Gasteiger partial charge in [-0.15, -0.1) is 0 Å². The number of carbonyl (C=O) groups is 1. The summed E-state index contributed by atoms with van der Waals surface area (Å²) in [5, 5.41) is 3.28. The van der Waals surface area contributed by atoms with Crippen LogP contribution in [0, 0.1) is 5.92 Å². The number of para-hydroxylation sites is 1. The standard InChI is InChI=1S/C14H20N2O2/c1-11-9-15-7-8-16(14(11)17)10-12-5-3-4-6-13(12)18-2/h3-6,11,15H,7-10H2,1-2H3. The third kappa shape index (κ3) is 2.82. The first-order valence-electron chi connectivity index (χ1n) is 6.33. The van der Waals surface area contributed by atoms with Gasteiger partial charge in [0.25, 0.3) is 0 Å². The average molecular weight is 248 g/mol. The minimum atomic E-state index is 0.0437. The van der Waals surface area contributed by atoms with Crippen LogP contribution >= 0.6 is 0 Å². The molecule has 1 aliphatic heterocycles. The SMILES string of the molecule is COc1ccccc1CN1CCNCC(C)C1=O. The number of methoxy groups -OCH3 is 1. The second-order valence-corrected chi connectivity index (χ2v) is 4.68. The van der Waals surface area contributed by atoms with Gasteiger partial charge in [0.1, 0.15) is 5.75 Å². The fourth-order valence-electron chi connectivity index (χ4n) is 2.24. The van der Waals surface area contributed by atoms with Crippen molar-refractivity contribution >= 4 is 5.91 Å². The van der Waals surface area contributed by atoms with E-state index in [-0.39, 0.29) is 11.8 Å². The maximum absolute atomic E-state index is 12.2. The Morgan fingerprint density at radius 2 is 2.22 bits per heavy atom. The summed E-state index contributed by atoms with van der Waals surface area (Å²) < 4.78 is 5.33. The molecule has 1 aromatic rings. The number of nitrogens with zero attached hydrogens (tertiary/aromatic N) is 1. The Labute approximate surface area is 108 Å². The topological polar surface area (TPSA) is 41.6 Å². The summed E-state index contributed by atoms with van der Waals surface area (Å²) in [7, 11) is 1.66. The van der Waals surface area contributed by atoms with Crippen molar-refractivity contribution in [2.24, 2.45) is 5.92 Å². The third-order valence-corrected chi connectivity index (χ3v) is 3.30. The molecule has 1 N–H and O–H groups in total. The fraction of sp³-hybridized carbons (Fsp3) is 0.500. The summed E-state index contributed by atoms with van der Waals surface area (Å²) in [5.74, 6) is 1.10. The van der Waals surface area contributed by atoms with E-state index in [0.29, 0.717) is 6.54 Å². The fourth-order valence-corrected chi connectivity index (χ4v) is 2.24. The van der Waals surface area contributed by atoms with Gasteiger partial charge in [0.2, 0.25) is 5.91 Å². The molecule has 1 aromatic carbocycles. The minimum Gasteiger partial charge on any atom is -0.496 e. The minimum absolute atomic E-state index is 0.0437. The number of ether oxygens (including phenoxy) is 1. The van der Waals surface area contributed by atoms with Crippen molar-refractivity contribution < 1.29 is 9.53 Å². The van der Waals surface area contributed by atoms with Crippen LogP contribution < -0.4 is 10.1 Å². The van der Waals surface area contributed by atoms with Crippen molar-refractivity contribution in [1.29, 1.82) is 0 Å². The molecule has 1 aliphatic rings. The average Bonchev–Trinajstić information content (AvgIpc) is 2.55. The molecule has 4 nitrogen and oxygen atoms in total. The molecular weight excluding hydrogens is 228 g/mol. The third-order valence-electron chi connectivity index (χ3n) is 3.30. The Balaban J connectivity index is 2.14. The monoisotopic (exact) mass is 248 g/mol. The summed E-state index contributed by atoms with van der Waals surface area (Å²) in [5.41, 5.74) is 1.06. The van der Waals surface area contributed by atoms with Crippen LogP contribution in [0.4, 0.5) is 0 Å². The lowest BCUT2D eigenvalue weighted by Crippen LogP contribution is -2.35. The van der Waals surface area contributed by atoms with Crippen LogP contribution in [0.1, 0.15) is 12.5 Å². The molecule has 1 heterocycles. The molecule has 0 spiro atoms. The lowest BCUT2D eigenvalue weighted by atomic mass is 10.1. The lowest BCUT2D eigenvalue weighted by Gasteiger charge is -2.23. The van der Waals surface area contributed by atoms with Crippen LogP contribution in [0.2, 0.25) is 0 Å². The van der Waals surface area contributed by atoms with E-state index >= 15 is 0 Å². The Morgan fingerprint density at radius 1 is 1.44 bits per heavy atom. The second-order valence-electron chi connectivity index (χ2n) is 4.68. The first-order valence-corrected chi connectivity index (χ1v) is 6.33. The van der Waals surface area contributed by atoms with Crippen LogP contribution in [0.5, 0.6) is 5.75 Å². The van der Waals surface area contributed by atoms with E-state index in [1.807, 2.05) is 36.1 Å². The molecular formula is C14H20N2O2. The van der Waals surface area contributed by atoms with E-state index in [1.54, 1.807) is 7.11 Å². The highest BCUT2D eigenvalue weighted by Crippen LogP contribution is 2.20. The van der Waals surface area contributed by atoms with Crippen molar-refractivity contribution in [2.45, 2.75) is 13.5 Å². The zero-order valence-corrected chi connectivity index (χ0v) is 11.0. The smallest absolute Gasteiger partial charge is 0.227 e. The molecule has 0 aliphatic carbocycles. The van der Waals surface area contributed by atoms with Gasteiger partial charge in [-0.25, -0.2) is 0 Å². The van der Waals surface area contributed by atoms with E-state index < -0.39 is 0 Å². The maximum Gasteiger partial charge on any atom is 0.227 e. The first kappa shape index (κ1) is 12.9. The molecule has 1 amide bonds. The van der Waals surface area contributed by atoms with E-state index in [1.165, 1.54) is 0 Å². The predicted octanol–water partition coefficient (Wildman–Crippen LogP) is 1.26. The molecule has 98 valence electrons. The quantitative estimate of drug-likeness (QED) is 0.875. The highest BCUT2D eigenvalue weighted by Gasteiger charge is 2.23. The van der Waals surface area contributed by atoms with Crippen molar-refractivity contribution in [2.75, 3.05) is 26.7 Å². The highest BCUT2D eigenvalue weighted by atomic mass is 16.5. The Hall–Kier alpha value is -1.55. The van der Waals surface area contributed by atoms with Gasteiger partial charge < -0.3 is 15.0 Å². The normalized spacial score (nSPS) is 20.7. The number of rotatable bonds is 3.